The van der Waals surface area contributed by atoms with Crippen molar-refractivity contribution in [3.63, 3.8) is 0 Å². The van der Waals surface area contributed by atoms with Gasteiger partial charge in [0, 0.05) is 0 Å². The van der Waals surface area contributed by atoms with Crippen molar-refractivity contribution in [1.29, 1.82) is 0 Å². The van der Waals surface area contributed by atoms with Crippen molar-refractivity contribution in [2.45, 2.75) is 70.8 Å². The molecule has 3 nitrogen and oxygen atoms in total. The Morgan fingerprint density at radius 2 is 1.66 bits per heavy atom. The molecule has 3 rings (SSSR count). The predicted octanol–water partition coefficient (Wildman–Crippen LogP) is 7.44. The third-order valence-electron chi connectivity index (χ3n) is 5.81. The first-order valence-electron chi connectivity index (χ1n) is 10.4. The van der Waals surface area contributed by atoms with Crippen LogP contribution >= 0.6 is 20.2 Å². The summed E-state index contributed by atoms with van der Waals surface area (Å²) in [5.74, 6) is -0.643. The first kappa shape index (κ1) is 25.3. The summed E-state index contributed by atoms with van der Waals surface area (Å²) < 4.78 is 94.3. The summed E-state index contributed by atoms with van der Waals surface area (Å²) in [6.07, 6.45) is -7.52. The predicted molar refractivity (Wildman–Crippen MR) is 115 cm³/mol. The van der Waals surface area contributed by atoms with Crippen LogP contribution in [0.5, 0.6) is 0 Å². The van der Waals surface area contributed by atoms with E-state index in [1.54, 1.807) is 6.92 Å². The normalized spacial score (nSPS) is 23.3. The molecule has 0 bridgehead atoms. The monoisotopic (exact) mass is 578 g/mol. The molecule has 0 fully saturated rings. The molecule has 1 atom stereocenters. The molecule has 0 amide bonds. The van der Waals surface area contributed by atoms with E-state index in [9.17, 15) is 31.1 Å². The number of benzene rings is 1. The number of ether oxygens (including phenoxy) is 1. The second-order valence-electron chi connectivity index (χ2n) is 7.93. The van der Waals surface area contributed by atoms with E-state index in [-0.39, 0.29) is 10.2 Å². The number of esters is 1. The van der Waals surface area contributed by atoms with Gasteiger partial charge in [-0.05, 0) is 0 Å². The molecule has 0 aromatic heterocycles. The van der Waals surface area contributed by atoms with Crippen molar-refractivity contribution in [2.75, 3.05) is 6.61 Å². The molecular formula is C22H25F6IO3. The fraction of sp³-hybridized carbons (Fsp3) is 0.591. The molecule has 32 heavy (non-hydrogen) atoms. The van der Waals surface area contributed by atoms with Gasteiger partial charge in [0.15, 0.2) is 0 Å². The van der Waals surface area contributed by atoms with Gasteiger partial charge in [0.2, 0.25) is 0 Å². The molecule has 0 radical (unpaired) electrons. The fourth-order valence-electron chi connectivity index (χ4n) is 4.04. The number of hydrogen-bond donors (Lipinski definition) is 0. The zero-order valence-electron chi connectivity index (χ0n) is 17.9. The number of unbranched alkanes of at least 4 members (excludes halogenated alkanes) is 3. The van der Waals surface area contributed by atoms with E-state index < -0.39 is 55.1 Å². The van der Waals surface area contributed by atoms with E-state index in [0.717, 1.165) is 31.4 Å². The number of carbonyl (C=O) groups excluding carboxylic acids is 1. The van der Waals surface area contributed by atoms with Crippen molar-refractivity contribution >= 4 is 26.2 Å². The van der Waals surface area contributed by atoms with Crippen molar-refractivity contribution in [1.82, 2.24) is 0 Å². The average molecular weight is 578 g/mol. The summed E-state index contributed by atoms with van der Waals surface area (Å²) in [6, 6.07) is 4.65. The van der Waals surface area contributed by atoms with Gasteiger partial charge in [-0.1, -0.05) is 0 Å². The first-order chi connectivity index (χ1) is 14.9. The summed E-state index contributed by atoms with van der Waals surface area (Å²) in [6.45, 7) is 5.21. The Hall–Kier alpha value is -1.30. The molecule has 0 saturated carbocycles. The van der Waals surface area contributed by atoms with Crippen LogP contribution in [-0.2, 0) is 18.2 Å². The second kappa shape index (κ2) is 8.81. The van der Waals surface area contributed by atoms with Gasteiger partial charge in [0.1, 0.15) is 0 Å². The standard InChI is InChI=1S/C22H25F6IO3/c1-4-6-7-8-12-15-17(19(15,3)18(30)31-5-2)29-16-13-10-9-11-14(16)20(32-29,21(23,24)25)22(26,27)28/h9-11,13H,4-8,12H2,1-3H3. The SMILES string of the molecule is CCCCCCC1=C(I2OC(C(F)(F)F)(C(F)(F)F)c3ccccc32)C1(C)C(=O)OCC. The summed E-state index contributed by atoms with van der Waals surface area (Å²) in [5, 5.41) is 0. The molecule has 1 aromatic carbocycles. The van der Waals surface area contributed by atoms with Gasteiger partial charge in [0.25, 0.3) is 0 Å². The van der Waals surface area contributed by atoms with Gasteiger partial charge in [-0.3, -0.25) is 0 Å². The van der Waals surface area contributed by atoms with Gasteiger partial charge in [-0.2, -0.15) is 0 Å². The zero-order valence-corrected chi connectivity index (χ0v) is 20.1. The van der Waals surface area contributed by atoms with E-state index in [1.165, 1.54) is 19.1 Å². The molecule has 10 heteroatoms. The minimum atomic E-state index is -5.70. The molecule has 1 aliphatic heterocycles. The van der Waals surface area contributed by atoms with Crippen LogP contribution in [0.3, 0.4) is 0 Å². The average Bonchev–Trinajstić information content (AvgIpc) is 3.12. The van der Waals surface area contributed by atoms with Crippen molar-refractivity contribution < 1.29 is 38.9 Å². The van der Waals surface area contributed by atoms with Crippen LogP contribution in [0.15, 0.2) is 33.4 Å². The Morgan fingerprint density at radius 3 is 2.22 bits per heavy atom. The van der Waals surface area contributed by atoms with Crippen LogP contribution in [0.25, 0.3) is 0 Å². The molecule has 1 aliphatic carbocycles. The van der Waals surface area contributed by atoms with E-state index in [1.807, 2.05) is 6.92 Å². The van der Waals surface area contributed by atoms with E-state index in [4.69, 9.17) is 7.80 Å². The van der Waals surface area contributed by atoms with Gasteiger partial charge < -0.3 is 0 Å². The number of rotatable bonds is 8. The van der Waals surface area contributed by atoms with Gasteiger partial charge in [0.05, 0.1) is 0 Å². The van der Waals surface area contributed by atoms with Crippen LogP contribution < -0.4 is 0 Å². The number of alkyl halides is 6. The fourth-order valence-corrected chi connectivity index (χ4v) is 10.9. The molecule has 0 spiro atoms. The Balaban J connectivity index is 2.09. The van der Waals surface area contributed by atoms with Crippen LogP contribution in [0.4, 0.5) is 26.3 Å². The molecule has 1 unspecified atom stereocenters. The van der Waals surface area contributed by atoms with Crippen LogP contribution in [-0.4, -0.2) is 24.9 Å². The third kappa shape index (κ3) is 3.84. The number of carbonyl (C=O) groups is 1. The van der Waals surface area contributed by atoms with E-state index in [0.29, 0.717) is 22.0 Å². The Labute approximate surface area is 190 Å². The number of halogens is 7. The van der Waals surface area contributed by atoms with Crippen molar-refractivity contribution in [3.05, 3.63) is 42.6 Å². The maximum absolute atomic E-state index is 14.0. The molecule has 1 heterocycles. The molecule has 180 valence electrons. The van der Waals surface area contributed by atoms with Crippen molar-refractivity contribution in [2.24, 2.45) is 5.41 Å². The Kier molecular flexibility index (Phi) is 6.97. The van der Waals surface area contributed by atoms with Gasteiger partial charge in [-0.15, -0.1) is 0 Å². The third-order valence-corrected chi connectivity index (χ3v) is 11.6. The minimum absolute atomic E-state index is 0.0610. The topological polar surface area (TPSA) is 35.5 Å². The molecular weight excluding hydrogens is 553 g/mol. The van der Waals surface area contributed by atoms with E-state index >= 15 is 0 Å². The Bertz CT molecular complexity index is 894. The second-order valence-corrected chi connectivity index (χ2v) is 12.0. The van der Waals surface area contributed by atoms with Gasteiger partial charge in [-0.25, -0.2) is 0 Å². The number of hydrogen-bond acceptors (Lipinski definition) is 3. The van der Waals surface area contributed by atoms with Crippen molar-refractivity contribution in [3.8, 4) is 0 Å². The first-order valence-corrected chi connectivity index (χ1v) is 13.5. The number of fused-ring (bicyclic) bond motifs is 1. The summed E-state index contributed by atoms with van der Waals surface area (Å²) in [7, 11) is 0. The summed E-state index contributed by atoms with van der Waals surface area (Å²) in [5.41, 5.74) is -6.03. The summed E-state index contributed by atoms with van der Waals surface area (Å²) in [4.78, 5) is 12.7. The Morgan fingerprint density at radius 1 is 1.03 bits per heavy atom. The van der Waals surface area contributed by atoms with Crippen LogP contribution in [0, 0.1) is 8.99 Å². The maximum atomic E-state index is 14.0. The van der Waals surface area contributed by atoms with E-state index in [2.05, 4.69) is 0 Å². The van der Waals surface area contributed by atoms with Gasteiger partial charge >= 0.3 is 191 Å². The molecule has 2 aliphatic rings. The molecule has 0 saturated heterocycles. The van der Waals surface area contributed by atoms with Crippen LogP contribution in [0.1, 0.15) is 58.4 Å². The van der Waals surface area contributed by atoms with Crippen LogP contribution in [0.2, 0.25) is 0 Å². The molecule has 1 aromatic rings. The quantitative estimate of drug-likeness (QED) is 0.139. The zero-order chi connectivity index (χ0) is 23.9. The molecule has 0 N–H and O–H groups in total. The summed E-state index contributed by atoms with van der Waals surface area (Å²) >= 11 is -3.68.